The van der Waals surface area contributed by atoms with Crippen molar-refractivity contribution in [1.82, 2.24) is 5.32 Å². The van der Waals surface area contributed by atoms with Crippen molar-refractivity contribution in [2.75, 3.05) is 13.2 Å². The molecule has 2 N–H and O–H groups in total. The zero-order chi connectivity index (χ0) is 13.3. The summed E-state index contributed by atoms with van der Waals surface area (Å²) in [6.45, 7) is 1.46. The minimum atomic E-state index is 0.341. The Labute approximate surface area is 121 Å². The molecule has 1 atom stereocenters. The van der Waals surface area contributed by atoms with E-state index in [-0.39, 0.29) is 0 Å². The molecule has 1 fully saturated rings. The lowest BCUT2D eigenvalue weighted by Gasteiger charge is -2.24. The first kappa shape index (κ1) is 15.0. The molecule has 0 spiro atoms. The highest BCUT2D eigenvalue weighted by molar-refractivity contribution is 7.10. The standard InChI is InChI=1S/C16H27NOS/c18-12-6-2-1-5-11-17-16(14-8-3-4-9-14)15-10-7-13-19-15/h7,10,13-14,16-18H,1-6,8-9,11-12H2. The molecular weight excluding hydrogens is 254 g/mol. The summed E-state index contributed by atoms with van der Waals surface area (Å²) in [6, 6.07) is 5.04. The second-order valence-electron chi connectivity index (χ2n) is 5.63. The Balaban J connectivity index is 1.75. The molecule has 1 saturated carbocycles. The van der Waals surface area contributed by atoms with Crippen LogP contribution in [0.4, 0.5) is 0 Å². The van der Waals surface area contributed by atoms with Gasteiger partial charge in [-0.3, -0.25) is 0 Å². The van der Waals surface area contributed by atoms with E-state index < -0.39 is 0 Å². The minimum absolute atomic E-state index is 0.341. The number of hydrogen-bond donors (Lipinski definition) is 2. The Hall–Kier alpha value is -0.380. The van der Waals surface area contributed by atoms with Crippen molar-refractivity contribution in [2.45, 2.75) is 57.4 Å². The van der Waals surface area contributed by atoms with Gasteiger partial charge in [-0.1, -0.05) is 31.7 Å². The molecule has 0 bridgehead atoms. The summed E-state index contributed by atoms with van der Waals surface area (Å²) in [5.41, 5.74) is 0. The van der Waals surface area contributed by atoms with Crippen LogP contribution in [0, 0.1) is 5.92 Å². The lowest BCUT2D eigenvalue weighted by Crippen LogP contribution is -2.27. The molecule has 0 radical (unpaired) electrons. The second-order valence-corrected chi connectivity index (χ2v) is 6.61. The van der Waals surface area contributed by atoms with E-state index in [2.05, 4.69) is 22.8 Å². The van der Waals surface area contributed by atoms with Crippen LogP contribution in [0.3, 0.4) is 0 Å². The fraction of sp³-hybridized carbons (Fsp3) is 0.750. The van der Waals surface area contributed by atoms with Crippen molar-refractivity contribution in [2.24, 2.45) is 5.92 Å². The lowest BCUT2D eigenvalue weighted by molar-refractivity contribution is 0.282. The first-order valence-electron chi connectivity index (χ1n) is 7.79. The number of rotatable bonds is 9. The SMILES string of the molecule is OCCCCCCNC(c1cccs1)C1CCCC1. The quantitative estimate of drug-likeness (QED) is 0.667. The van der Waals surface area contributed by atoms with Crippen LogP contribution in [0.1, 0.15) is 62.3 Å². The average molecular weight is 281 g/mol. The molecule has 0 saturated heterocycles. The molecule has 1 aromatic heterocycles. The smallest absolute Gasteiger partial charge is 0.0443 e. The number of unbranched alkanes of at least 4 members (excludes halogenated alkanes) is 3. The van der Waals surface area contributed by atoms with Crippen molar-refractivity contribution < 1.29 is 5.11 Å². The van der Waals surface area contributed by atoms with Crippen molar-refractivity contribution in [3.8, 4) is 0 Å². The monoisotopic (exact) mass is 281 g/mol. The van der Waals surface area contributed by atoms with Crippen LogP contribution < -0.4 is 5.32 Å². The van der Waals surface area contributed by atoms with Gasteiger partial charge in [0.1, 0.15) is 0 Å². The summed E-state index contributed by atoms with van der Waals surface area (Å²) in [7, 11) is 0. The van der Waals surface area contributed by atoms with Gasteiger partial charge < -0.3 is 10.4 Å². The predicted octanol–water partition coefficient (Wildman–Crippen LogP) is 4.12. The third-order valence-corrected chi connectivity index (χ3v) is 5.13. The molecule has 1 aliphatic rings. The Morgan fingerprint density at radius 3 is 2.68 bits per heavy atom. The Morgan fingerprint density at radius 1 is 1.21 bits per heavy atom. The summed E-state index contributed by atoms with van der Waals surface area (Å²) in [5, 5.41) is 14.7. The van der Waals surface area contributed by atoms with Crippen LogP contribution in [-0.4, -0.2) is 18.3 Å². The first-order chi connectivity index (χ1) is 9.42. The van der Waals surface area contributed by atoms with Gasteiger partial charge in [-0.15, -0.1) is 11.3 Å². The molecular formula is C16H27NOS. The summed E-state index contributed by atoms with van der Waals surface area (Å²) in [6.07, 6.45) is 10.2. The van der Waals surface area contributed by atoms with E-state index >= 15 is 0 Å². The highest BCUT2D eigenvalue weighted by atomic mass is 32.1. The van der Waals surface area contributed by atoms with Gasteiger partial charge in [-0.2, -0.15) is 0 Å². The second kappa shape index (κ2) is 8.72. The molecule has 19 heavy (non-hydrogen) atoms. The normalized spacial score (nSPS) is 17.9. The minimum Gasteiger partial charge on any atom is -0.396 e. The molecule has 108 valence electrons. The van der Waals surface area contributed by atoms with Crippen LogP contribution in [-0.2, 0) is 0 Å². The van der Waals surface area contributed by atoms with E-state index in [1.165, 1.54) is 43.4 Å². The van der Waals surface area contributed by atoms with Crippen molar-refractivity contribution in [3.63, 3.8) is 0 Å². The van der Waals surface area contributed by atoms with Gasteiger partial charge in [0, 0.05) is 17.5 Å². The number of aliphatic hydroxyl groups is 1. The van der Waals surface area contributed by atoms with Crippen LogP contribution in [0.5, 0.6) is 0 Å². The molecule has 0 aliphatic heterocycles. The van der Waals surface area contributed by atoms with Crippen LogP contribution >= 0.6 is 11.3 Å². The number of thiophene rings is 1. The van der Waals surface area contributed by atoms with Crippen LogP contribution in [0.25, 0.3) is 0 Å². The Morgan fingerprint density at radius 2 is 2.00 bits per heavy atom. The fourth-order valence-electron chi connectivity index (χ4n) is 3.11. The van der Waals surface area contributed by atoms with Gasteiger partial charge in [-0.05, 0) is 49.6 Å². The molecule has 0 aromatic carbocycles. The summed E-state index contributed by atoms with van der Waals surface area (Å²) < 4.78 is 0. The van der Waals surface area contributed by atoms with Gasteiger partial charge >= 0.3 is 0 Å². The Bertz CT molecular complexity index is 319. The zero-order valence-corrected chi connectivity index (χ0v) is 12.6. The number of nitrogens with one attached hydrogen (secondary N) is 1. The van der Waals surface area contributed by atoms with E-state index in [1.54, 1.807) is 0 Å². The zero-order valence-electron chi connectivity index (χ0n) is 11.8. The molecule has 0 amide bonds. The highest BCUT2D eigenvalue weighted by Crippen LogP contribution is 2.37. The predicted molar refractivity (Wildman–Crippen MR) is 82.6 cm³/mol. The molecule has 1 heterocycles. The number of hydrogen-bond acceptors (Lipinski definition) is 3. The Kier molecular flexibility index (Phi) is 6.90. The van der Waals surface area contributed by atoms with Crippen LogP contribution in [0.15, 0.2) is 17.5 Å². The lowest BCUT2D eigenvalue weighted by atomic mass is 9.96. The number of aliphatic hydroxyl groups excluding tert-OH is 1. The topological polar surface area (TPSA) is 32.3 Å². The maximum atomic E-state index is 8.77. The van der Waals surface area contributed by atoms with Gasteiger partial charge in [0.2, 0.25) is 0 Å². The van der Waals surface area contributed by atoms with Gasteiger partial charge in [0.15, 0.2) is 0 Å². The summed E-state index contributed by atoms with van der Waals surface area (Å²) >= 11 is 1.89. The molecule has 1 unspecified atom stereocenters. The molecule has 1 aliphatic carbocycles. The maximum absolute atomic E-state index is 8.77. The molecule has 2 nitrogen and oxygen atoms in total. The van der Waals surface area contributed by atoms with Crippen molar-refractivity contribution >= 4 is 11.3 Å². The first-order valence-corrected chi connectivity index (χ1v) is 8.67. The molecule has 2 rings (SSSR count). The third kappa shape index (κ3) is 4.90. The summed E-state index contributed by atoms with van der Waals surface area (Å²) in [4.78, 5) is 1.52. The van der Waals surface area contributed by atoms with Gasteiger partial charge in [0.05, 0.1) is 0 Å². The van der Waals surface area contributed by atoms with Gasteiger partial charge in [0.25, 0.3) is 0 Å². The largest absolute Gasteiger partial charge is 0.396 e. The fourth-order valence-corrected chi connectivity index (χ4v) is 4.00. The van der Waals surface area contributed by atoms with E-state index in [4.69, 9.17) is 5.11 Å². The average Bonchev–Trinajstić information content (AvgIpc) is 3.11. The highest BCUT2D eigenvalue weighted by Gasteiger charge is 2.26. The maximum Gasteiger partial charge on any atom is 0.0443 e. The molecule has 1 aromatic rings. The van der Waals surface area contributed by atoms with E-state index in [0.717, 1.165) is 25.3 Å². The molecule has 3 heteroatoms. The van der Waals surface area contributed by atoms with Crippen molar-refractivity contribution in [1.29, 1.82) is 0 Å². The summed E-state index contributed by atoms with van der Waals surface area (Å²) in [5.74, 6) is 0.844. The van der Waals surface area contributed by atoms with Gasteiger partial charge in [-0.25, -0.2) is 0 Å². The third-order valence-electron chi connectivity index (χ3n) is 4.17. The van der Waals surface area contributed by atoms with E-state index in [9.17, 15) is 0 Å². The van der Waals surface area contributed by atoms with Crippen LogP contribution in [0.2, 0.25) is 0 Å². The van der Waals surface area contributed by atoms with E-state index in [1.807, 2.05) is 11.3 Å². The van der Waals surface area contributed by atoms with Crippen molar-refractivity contribution in [3.05, 3.63) is 22.4 Å². The van der Waals surface area contributed by atoms with E-state index in [0.29, 0.717) is 12.6 Å².